The fourth-order valence-corrected chi connectivity index (χ4v) is 2.04. The third-order valence-corrected chi connectivity index (χ3v) is 2.91. The van der Waals surface area contributed by atoms with Crippen LogP contribution in [0.15, 0.2) is 36.8 Å². The predicted octanol–water partition coefficient (Wildman–Crippen LogP) is 2.58. The second-order valence-electron chi connectivity index (χ2n) is 4.40. The highest BCUT2D eigenvalue weighted by atomic mass is 19.1. The van der Waals surface area contributed by atoms with Gasteiger partial charge in [-0.25, -0.2) is 9.37 Å². The number of halogens is 1. The van der Waals surface area contributed by atoms with E-state index >= 15 is 0 Å². The molecular formula is C14H18FN3O. The molecule has 5 heteroatoms. The number of anilines is 1. The summed E-state index contributed by atoms with van der Waals surface area (Å²) in [5.74, 6) is -0.302. The number of nitrogens with zero attached hydrogens (tertiary/aromatic N) is 2. The van der Waals surface area contributed by atoms with Gasteiger partial charge in [-0.3, -0.25) is 0 Å². The number of benzene rings is 1. The molecule has 0 saturated heterocycles. The molecule has 2 rings (SSSR count). The number of nitrogens with one attached hydrogen (secondary N) is 1. The van der Waals surface area contributed by atoms with Crippen molar-refractivity contribution in [2.75, 3.05) is 11.9 Å². The lowest BCUT2D eigenvalue weighted by Crippen LogP contribution is -2.18. The highest BCUT2D eigenvalue weighted by molar-refractivity contribution is 5.45. The number of aliphatic hydroxyl groups is 1. The summed E-state index contributed by atoms with van der Waals surface area (Å²) in [6.45, 7) is 2.85. The summed E-state index contributed by atoms with van der Waals surface area (Å²) < 4.78 is 15.1. The molecule has 0 bridgehead atoms. The molecule has 19 heavy (non-hydrogen) atoms. The van der Waals surface area contributed by atoms with E-state index in [9.17, 15) is 9.50 Å². The number of hydrogen-bond acceptors (Lipinski definition) is 3. The molecular weight excluding hydrogens is 245 g/mol. The summed E-state index contributed by atoms with van der Waals surface area (Å²) in [7, 11) is 0. The topological polar surface area (TPSA) is 50.1 Å². The van der Waals surface area contributed by atoms with E-state index in [1.807, 2.05) is 4.57 Å². The first-order chi connectivity index (χ1) is 9.24. The number of aliphatic hydroxyl groups excluding tert-OH is 1. The molecule has 2 N–H and O–H groups in total. The van der Waals surface area contributed by atoms with Gasteiger partial charge in [0, 0.05) is 12.2 Å². The van der Waals surface area contributed by atoms with Gasteiger partial charge in [0.05, 0.1) is 30.9 Å². The van der Waals surface area contributed by atoms with Crippen molar-refractivity contribution in [2.45, 2.75) is 25.9 Å². The molecule has 1 heterocycles. The van der Waals surface area contributed by atoms with Gasteiger partial charge < -0.3 is 15.0 Å². The van der Waals surface area contributed by atoms with Crippen molar-refractivity contribution in [2.24, 2.45) is 0 Å². The number of imidazole rings is 1. The Hall–Kier alpha value is -1.88. The van der Waals surface area contributed by atoms with E-state index < -0.39 is 0 Å². The summed E-state index contributed by atoms with van der Waals surface area (Å²) in [5.41, 5.74) is 1.54. The zero-order valence-corrected chi connectivity index (χ0v) is 10.9. The third-order valence-electron chi connectivity index (χ3n) is 2.91. The average molecular weight is 263 g/mol. The Labute approximate surface area is 111 Å². The van der Waals surface area contributed by atoms with Crippen LogP contribution in [0.3, 0.4) is 0 Å². The van der Waals surface area contributed by atoms with Crippen LogP contribution in [0.1, 0.15) is 25.1 Å². The predicted molar refractivity (Wildman–Crippen MR) is 72.4 cm³/mol. The Morgan fingerprint density at radius 2 is 2.32 bits per heavy atom. The Bertz CT molecular complexity index is 527. The van der Waals surface area contributed by atoms with Crippen LogP contribution in [-0.2, 0) is 6.54 Å². The first-order valence-electron chi connectivity index (χ1n) is 6.37. The first-order valence-corrected chi connectivity index (χ1v) is 6.37. The van der Waals surface area contributed by atoms with Gasteiger partial charge in [-0.2, -0.15) is 0 Å². The maximum absolute atomic E-state index is 13.1. The molecule has 0 radical (unpaired) electrons. The number of aromatic nitrogens is 2. The Balaban J connectivity index is 2.18. The van der Waals surface area contributed by atoms with Crippen LogP contribution >= 0.6 is 0 Å². The quantitative estimate of drug-likeness (QED) is 0.842. The summed E-state index contributed by atoms with van der Waals surface area (Å²) in [6.07, 6.45) is 4.46. The zero-order valence-electron chi connectivity index (χ0n) is 10.9. The first kappa shape index (κ1) is 13.5. The number of hydrogen-bond donors (Lipinski definition) is 2. The van der Waals surface area contributed by atoms with E-state index in [0.29, 0.717) is 5.69 Å². The zero-order chi connectivity index (χ0) is 13.7. The highest BCUT2D eigenvalue weighted by Gasteiger charge is 2.15. The SMILES string of the molecule is CCCn1cncc1C(CO)Nc1cccc(F)c1. The van der Waals surface area contributed by atoms with Crippen molar-refractivity contribution in [3.8, 4) is 0 Å². The van der Waals surface area contributed by atoms with Gasteiger partial charge >= 0.3 is 0 Å². The van der Waals surface area contributed by atoms with Gasteiger partial charge in [0.2, 0.25) is 0 Å². The van der Waals surface area contributed by atoms with Crippen molar-refractivity contribution in [1.82, 2.24) is 9.55 Å². The van der Waals surface area contributed by atoms with E-state index in [-0.39, 0.29) is 18.5 Å². The van der Waals surface area contributed by atoms with Gasteiger partial charge in [0.15, 0.2) is 0 Å². The molecule has 0 fully saturated rings. The third kappa shape index (κ3) is 3.32. The second-order valence-corrected chi connectivity index (χ2v) is 4.40. The van der Waals surface area contributed by atoms with Crippen molar-refractivity contribution >= 4 is 5.69 Å². The van der Waals surface area contributed by atoms with Crippen LogP contribution in [0.4, 0.5) is 10.1 Å². The largest absolute Gasteiger partial charge is 0.394 e. The molecule has 4 nitrogen and oxygen atoms in total. The summed E-state index contributed by atoms with van der Waals surface area (Å²) in [6, 6.07) is 5.90. The van der Waals surface area contributed by atoms with Crippen LogP contribution in [0, 0.1) is 5.82 Å². The van der Waals surface area contributed by atoms with Crippen LogP contribution in [0.5, 0.6) is 0 Å². The van der Waals surface area contributed by atoms with Gasteiger partial charge in [-0.1, -0.05) is 13.0 Å². The molecule has 0 amide bonds. The van der Waals surface area contributed by atoms with Crippen LogP contribution in [-0.4, -0.2) is 21.3 Å². The lowest BCUT2D eigenvalue weighted by Gasteiger charge is -2.19. The number of rotatable bonds is 6. The fourth-order valence-electron chi connectivity index (χ4n) is 2.04. The smallest absolute Gasteiger partial charge is 0.125 e. The normalized spacial score (nSPS) is 12.4. The maximum atomic E-state index is 13.1. The van der Waals surface area contributed by atoms with Gasteiger partial charge in [-0.15, -0.1) is 0 Å². The lowest BCUT2D eigenvalue weighted by molar-refractivity contribution is 0.271. The molecule has 0 spiro atoms. The monoisotopic (exact) mass is 263 g/mol. The number of aryl methyl sites for hydroxylation is 1. The van der Waals surface area contributed by atoms with E-state index in [1.165, 1.54) is 12.1 Å². The molecule has 1 unspecified atom stereocenters. The molecule has 102 valence electrons. The summed E-state index contributed by atoms with van der Waals surface area (Å²) in [5, 5.41) is 12.6. The van der Waals surface area contributed by atoms with E-state index in [4.69, 9.17) is 0 Å². The van der Waals surface area contributed by atoms with Crippen LogP contribution in [0.25, 0.3) is 0 Å². The molecule has 0 saturated carbocycles. The van der Waals surface area contributed by atoms with Crippen molar-refractivity contribution < 1.29 is 9.50 Å². The minimum atomic E-state index is -0.302. The van der Waals surface area contributed by atoms with Gasteiger partial charge in [0.25, 0.3) is 0 Å². The van der Waals surface area contributed by atoms with E-state index in [0.717, 1.165) is 18.7 Å². The molecule has 0 aliphatic rings. The van der Waals surface area contributed by atoms with Crippen molar-refractivity contribution in [3.05, 3.63) is 48.3 Å². The second kappa shape index (κ2) is 6.33. The Morgan fingerprint density at radius 1 is 1.47 bits per heavy atom. The van der Waals surface area contributed by atoms with Crippen molar-refractivity contribution in [1.29, 1.82) is 0 Å². The maximum Gasteiger partial charge on any atom is 0.125 e. The average Bonchev–Trinajstić information content (AvgIpc) is 2.85. The molecule has 0 aliphatic carbocycles. The molecule has 1 aromatic heterocycles. The van der Waals surface area contributed by atoms with Crippen LogP contribution < -0.4 is 5.32 Å². The highest BCUT2D eigenvalue weighted by Crippen LogP contribution is 2.20. The fraction of sp³-hybridized carbons (Fsp3) is 0.357. The Kier molecular flexibility index (Phi) is 4.52. The molecule has 0 aliphatic heterocycles. The lowest BCUT2D eigenvalue weighted by atomic mass is 10.2. The molecule has 2 aromatic rings. The van der Waals surface area contributed by atoms with E-state index in [2.05, 4.69) is 17.2 Å². The minimum absolute atomic E-state index is 0.0775. The molecule has 1 aromatic carbocycles. The summed E-state index contributed by atoms with van der Waals surface area (Å²) in [4.78, 5) is 4.11. The minimum Gasteiger partial charge on any atom is -0.394 e. The molecule has 1 atom stereocenters. The van der Waals surface area contributed by atoms with E-state index in [1.54, 1.807) is 24.7 Å². The van der Waals surface area contributed by atoms with Gasteiger partial charge in [-0.05, 0) is 24.6 Å². The standard InChI is InChI=1S/C14H18FN3O/c1-2-6-18-10-16-8-14(18)13(9-19)17-12-5-3-4-11(15)7-12/h3-5,7-8,10,13,17,19H,2,6,9H2,1H3. The van der Waals surface area contributed by atoms with Crippen LogP contribution in [0.2, 0.25) is 0 Å². The van der Waals surface area contributed by atoms with Gasteiger partial charge in [0.1, 0.15) is 5.82 Å². The van der Waals surface area contributed by atoms with Crippen molar-refractivity contribution in [3.63, 3.8) is 0 Å². The summed E-state index contributed by atoms with van der Waals surface area (Å²) >= 11 is 0. The Morgan fingerprint density at radius 3 is 3.00 bits per heavy atom.